The first-order valence-corrected chi connectivity index (χ1v) is 3.55. The van der Waals surface area contributed by atoms with Crippen LogP contribution in [0.3, 0.4) is 0 Å². The Balaban J connectivity index is 3.11. The highest BCUT2D eigenvalue weighted by atomic mass is 19.1. The minimum absolute atomic E-state index is 0.156. The van der Waals surface area contributed by atoms with Crippen molar-refractivity contribution in [1.82, 2.24) is 0 Å². The molecule has 0 fully saturated rings. The largest absolute Gasteiger partial charge is 0.376 e. The third-order valence-electron chi connectivity index (χ3n) is 1.61. The molecule has 0 aliphatic carbocycles. The molecular formula is C10H9FO. The molecule has 0 spiro atoms. The third kappa shape index (κ3) is 1.63. The molecule has 1 aromatic rings. The van der Waals surface area contributed by atoms with Crippen LogP contribution in [0, 0.1) is 25.1 Å². The zero-order valence-electron chi connectivity index (χ0n) is 6.71. The number of rotatable bonds is 1. The van der Waals surface area contributed by atoms with E-state index in [1.807, 2.05) is 0 Å². The van der Waals surface area contributed by atoms with E-state index in [9.17, 15) is 4.39 Å². The lowest BCUT2D eigenvalue weighted by molar-refractivity contribution is 0.233. The van der Waals surface area contributed by atoms with E-state index in [0.717, 1.165) is 5.56 Å². The maximum atomic E-state index is 13.0. The number of aliphatic hydroxyl groups is 1. The topological polar surface area (TPSA) is 20.2 Å². The number of hydrogen-bond donors (Lipinski definition) is 1. The average Bonchev–Trinajstić information content (AvgIpc) is 2.03. The molecule has 0 saturated carbocycles. The summed E-state index contributed by atoms with van der Waals surface area (Å²) in [6.45, 7) is 1.77. The lowest BCUT2D eigenvalue weighted by Crippen LogP contribution is -1.97. The summed E-state index contributed by atoms with van der Waals surface area (Å²) in [4.78, 5) is 0. The summed E-state index contributed by atoms with van der Waals surface area (Å²) in [5, 5.41) is 9.12. The zero-order chi connectivity index (χ0) is 9.14. The van der Waals surface area contributed by atoms with Gasteiger partial charge in [0.05, 0.1) is 0 Å². The summed E-state index contributed by atoms with van der Waals surface area (Å²) in [7, 11) is 0. The van der Waals surface area contributed by atoms with Gasteiger partial charge in [-0.3, -0.25) is 0 Å². The van der Waals surface area contributed by atoms with Gasteiger partial charge in [-0.05, 0) is 18.6 Å². The first-order valence-electron chi connectivity index (χ1n) is 3.55. The third-order valence-corrected chi connectivity index (χ3v) is 1.61. The van der Waals surface area contributed by atoms with Gasteiger partial charge in [0.1, 0.15) is 11.9 Å². The molecule has 1 N–H and O–H groups in total. The fourth-order valence-corrected chi connectivity index (χ4v) is 0.944. The van der Waals surface area contributed by atoms with Crippen molar-refractivity contribution in [2.75, 3.05) is 0 Å². The number of terminal acetylenes is 1. The van der Waals surface area contributed by atoms with Crippen LogP contribution in [0.1, 0.15) is 17.2 Å². The van der Waals surface area contributed by atoms with Crippen LogP contribution in [-0.2, 0) is 0 Å². The van der Waals surface area contributed by atoms with Crippen molar-refractivity contribution in [1.29, 1.82) is 0 Å². The van der Waals surface area contributed by atoms with Crippen LogP contribution in [0.4, 0.5) is 4.39 Å². The predicted molar refractivity (Wildman–Crippen MR) is 44.9 cm³/mol. The Morgan fingerprint density at radius 2 is 2.25 bits per heavy atom. The van der Waals surface area contributed by atoms with Crippen LogP contribution in [-0.4, -0.2) is 5.11 Å². The van der Waals surface area contributed by atoms with Crippen LogP contribution >= 0.6 is 0 Å². The predicted octanol–water partition coefficient (Wildman–Crippen LogP) is 1.80. The quantitative estimate of drug-likeness (QED) is 0.627. The lowest BCUT2D eigenvalue weighted by Gasteiger charge is -2.05. The van der Waals surface area contributed by atoms with Gasteiger partial charge in [-0.25, -0.2) is 4.39 Å². The summed E-state index contributed by atoms with van der Waals surface area (Å²) in [5.41, 5.74) is 0.962. The second-order valence-corrected chi connectivity index (χ2v) is 2.59. The van der Waals surface area contributed by atoms with Crippen molar-refractivity contribution in [3.8, 4) is 12.3 Å². The van der Waals surface area contributed by atoms with Gasteiger partial charge in [0.15, 0.2) is 0 Å². The molecule has 1 rings (SSSR count). The molecule has 2 heteroatoms. The molecule has 0 bridgehead atoms. The van der Waals surface area contributed by atoms with Gasteiger partial charge >= 0.3 is 0 Å². The minimum Gasteiger partial charge on any atom is -0.376 e. The summed E-state index contributed by atoms with van der Waals surface area (Å²) in [6.07, 6.45) is 3.80. The highest BCUT2D eigenvalue weighted by Gasteiger charge is 2.08. The van der Waals surface area contributed by atoms with Crippen LogP contribution in [0.5, 0.6) is 0 Å². The van der Waals surface area contributed by atoms with E-state index in [1.165, 1.54) is 12.1 Å². The van der Waals surface area contributed by atoms with Crippen molar-refractivity contribution in [3.63, 3.8) is 0 Å². The molecule has 0 saturated heterocycles. The average molecular weight is 164 g/mol. The molecule has 0 amide bonds. The number of aryl methyl sites for hydroxylation is 1. The first-order chi connectivity index (χ1) is 5.65. The Morgan fingerprint density at radius 3 is 2.75 bits per heavy atom. The molecule has 1 unspecified atom stereocenters. The van der Waals surface area contributed by atoms with Crippen LogP contribution in [0.25, 0.3) is 0 Å². The summed E-state index contributed by atoms with van der Waals surface area (Å²) >= 11 is 0. The Hall–Kier alpha value is -1.33. The number of aliphatic hydroxyl groups excluding tert-OH is 1. The van der Waals surface area contributed by atoms with Gasteiger partial charge in [-0.15, -0.1) is 6.42 Å². The normalized spacial score (nSPS) is 12.2. The number of hydrogen-bond acceptors (Lipinski definition) is 1. The molecular weight excluding hydrogens is 155 g/mol. The second-order valence-electron chi connectivity index (χ2n) is 2.59. The van der Waals surface area contributed by atoms with E-state index in [4.69, 9.17) is 11.5 Å². The standard InChI is InChI=1S/C10H9FO/c1-3-10(12)8-5-4-7(2)6-9(8)11/h1,4-6,10,12H,2H3. The maximum Gasteiger partial charge on any atom is 0.142 e. The molecule has 0 heterocycles. The Bertz CT molecular complexity index is 325. The van der Waals surface area contributed by atoms with Gasteiger partial charge in [0.25, 0.3) is 0 Å². The Kier molecular flexibility index (Phi) is 2.47. The second kappa shape index (κ2) is 3.38. The van der Waals surface area contributed by atoms with Crippen LogP contribution in [0.2, 0.25) is 0 Å². The summed E-state index contributed by atoms with van der Waals surface area (Å²) < 4.78 is 13.0. The van der Waals surface area contributed by atoms with Crippen molar-refractivity contribution in [2.45, 2.75) is 13.0 Å². The van der Waals surface area contributed by atoms with Gasteiger partial charge in [0, 0.05) is 5.56 Å². The molecule has 0 aliphatic heterocycles. The van der Waals surface area contributed by atoms with E-state index in [-0.39, 0.29) is 5.56 Å². The Labute approximate surface area is 70.9 Å². The van der Waals surface area contributed by atoms with E-state index < -0.39 is 11.9 Å². The fourth-order valence-electron chi connectivity index (χ4n) is 0.944. The fraction of sp³-hybridized carbons (Fsp3) is 0.200. The number of benzene rings is 1. The minimum atomic E-state index is -1.15. The Morgan fingerprint density at radius 1 is 1.58 bits per heavy atom. The van der Waals surface area contributed by atoms with E-state index in [2.05, 4.69) is 5.92 Å². The molecule has 62 valence electrons. The smallest absolute Gasteiger partial charge is 0.142 e. The first kappa shape index (κ1) is 8.76. The monoisotopic (exact) mass is 164 g/mol. The van der Waals surface area contributed by atoms with Crippen LogP contribution in [0.15, 0.2) is 18.2 Å². The zero-order valence-corrected chi connectivity index (χ0v) is 6.71. The van der Waals surface area contributed by atoms with Crippen molar-refractivity contribution >= 4 is 0 Å². The molecule has 1 aromatic carbocycles. The van der Waals surface area contributed by atoms with Crippen molar-refractivity contribution in [3.05, 3.63) is 35.1 Å². The molecule has 0 aliphatic rings. The summed E-state index contributed by atoms with van der Waals surface area (Å²) in [6, 6.07) is 4.55. The van der Waals surface area contributed by atoms with E-state index in [1.54, 1.807) is 13.0 Å². The van der Waals surface area contributed by atoms with E-state index in [0.29, 0.717) is 0 Å². The van der Waals surface area contributed by atoms with Crippen molar-refractivity contribution in [2.24, 2.45) is 0 Å². The van der Waals surface area contributed by atoms with Crippen LogP contribution < -0.4 is 0 Å². The van der Waals surface area contributed by atoms with Gasteiger partial charge in [-0.1, -0.05) is 18.1 Å². The van der Waals surface area contributed by atoms with Crippen molar-refractivity contribution < 1.29 is 9.50 Å². The van der Waals surface area contributed by atoms with Gasteiger partial charge in [-0.2, -0.15) is 0 Å². The lowest BCUT2D eigenvalue weighted by atomic mass is 10.1. The SMILES string of the molecule is C#CC(O)c1ccc(C)cc1F. The van der Waals surface area contributed by atoms with Gasteiger partial charge in [0.2, 0.25) is 0 Å². The highest BCUT2D eigenvalue weighted by Crippen LogP contribution is 2.16. The molecule has 1 nitrogen and oxygen atoms in total. The maximum absolute atomic E-state index is 13.0. The van der Waals surface area contributed by atoms with Gasteiger partial charge < -0.3 is 5.11 Å². The highest BCUT2D eigenvalue weighted by molar-refractivity contribution is 5.28. The molecule has 0 radical (unpaired) electrons. The molecule has 1 atom stereocenters. The van der Waals surface area contributed by atoms with E-state index >= 15 is 0 Å². The summed E-state index contributed by atoms with van der Waals surface area (Å²) in [5.74, 6) is 1.60. The number of halogens is 1. The molecule has 12 heavy (non-hydrogen) atoms. The molecule has 0 aromatic heterocycles.